The molecule has 1 unspecified atom stereocenters. The number of urea groups is 1. The number of halogens is 3. The molecule has 0 spiro atoms. The zero-order valence-electron chi connectivity index (χ0n) is 12.4. The molecule has 1 saturated heterocycles. The van der Waals surface area contributed by atoms with Gasteiger partial charge in [-0.3, -0.25) is 0 Å². The van der Waals surface area contributed by atoms with Crippen molar-refractivity contribution in [2.24, 2.45) is 5.92 Å². The number of likely N-dealkylation sites (tertiary alicyclic amines) is 1. The molecule has 9 heteroatoms. The molecule has 22 heavy (non-hydrogen) atoms. The van der Waals surface area contributed by atoms with Crippen molar-refractivity contribution in [3.05, 3.63) is 0 Å². The highest BCUT2D eigenvalue weighted by atomic mass is 32.2. The SMILES string of the molecule is CS(=O)(=O)CC1CCCCN1C(=O)NC1CC(C(F)(F)F)C1. The number of nitrogens with zero attached hydrogens (tertiary/aromatic N) is 1. The molecule has 1 saturated carbocycles. The van der Waals surface area contributed by atoms with Gasteiger partial charge in [0.1, 0.15) is 9.84 Å². The molecule has 2 fully saturated rings. The summed E-state index contributed by atoms with van der Waals surface area (Å²) in [5, 5.41) is 2.60. The van der Waals surface area contributed by atoms with Crippen molar-refractivity contribution in [1.29, 1.82) is 0 Å². The molecular formula is C13H21F3N2O3S. The molecule has 1 atom stereocenters. The van der Waals surface area contributed by atoms with Gasteiger partial charge < -0.3 is 10.2 Å². The molecule has 0 aromatic carbocycles. The molecule has 0 aromatic heterocycles. The minimum atomic E-state index is -4.20. The lowest BCUT2D eigenvalue weighted by Crippen LogP contribution is -2.56. The fourth-order valence-electron chi connectivity index (χ4n) is 3.05. The first kappa shape index (κ1) is 17.4. The van der Waals surface area contributed by atoms with Gasteiger partial charge >= 0.3 is 12.2 Å². The van der Waals surface area contributed by atoms with E-state index in [-0.39, 0.29) is 24.6 Å². The summed E-state index contributed by atoms with van der Waals surface area (Å²) in [6.45, 7) is 0.446. The first-order valence-electron chi connectivity index (χ1n) is 7.38. The molecule has 0 aromatic rings. The summed E-state index contributed by atoms with van der Waals surface area (Å²) in [5.41, 5.74) is 0. The van der Waals surface area contributed by atoms with Gasteiger partial charge in [-0.2, -0.15) is 13.2 Å². The van der Waals surface area contributed by atoms with E-state index in [0.717, 1.165) is 19.1 Å². The Balaban J connectivity index is 1.88. The van der Waals surface area contributed by atoms with Crippen LogP contribution in [0.25, 0.3) is 0 Å². The molecule has 2 amide bonds. The topological polar surface area (TPSA) is 66.5 Å². The van der Waals surface area contributed by atoms with E-state index in [9.17, 15) is 26.4 Å². The Bertz CT molecular complexity index is 515. The average Bonchev–Trinajstić information content (AvgIpc) is 2.30. The maximum atomic E-state index is 12.4. The van der Waals surface area contributed by atoms with E-state index >= 15 is 0 Å². The zero-order valence-corrected chi connectivity index (χ0v) is 13.2. The molecule has 0 bridgehead atoms. The van der Waals surface area contributed by atoms with Gasteiger partial charge in [0.05, 0.1) is 11.7 Å². The second-order valence-corrected chi connectivity index (χ2v) is 8.48. The fraction of sp³-hybridized carbons (Fsp3) is 0.923. The molecule has 128 valence electrons. The molecule has 1 N–H and O–H groups in total. The number of piperidine rings is 1. The quantitative estimate of drug-likeness (QED) is 0.852. The standard InChI is InChI=1S/C13H21F3N2O3S/c1-22(20,21)8-11-4-2-3-5-18(11)12(19)17-10-6-9(7-10)13(14,15)16/h9-11H,2-8H2,1H3,(H,17,19). The summed E-state index contributed by atoms with van der Waals surface area (Å²) < 4.78 is 60.1. The van der Waals surface area contributed by atoms with Gasteiger partial charge in [0.2, 0.25) is 0 Å². The Hall–Kier alpha value is -0.990. The number of rotatable bonds is 3. The van der Waals surface area contributed by atoms with E-state index in [0.29, 0.717) is 13.0 Å². The molecule has 1 aliphatic carbocycles. The lowest BCUT2D eigenvalue weighted by atomic mass is 9.80. The fourth-order valence-corrected chi connectivity index (χ4v) is 4.10. The van der Waals surface area contributed by atoms with E-state index in [1.807, 2.05) is 0 Å². The molecular weight excluding hydrogens is 321 g/mol. The largest absolute Gasteiger partial charge is 0.391 e. The summed E-state index contributed by atoms with van der Waals surface area (Å²) in [5.74, 6) is -1.44. The van der Waals surface area contributed by atoms with Gasteiger partial charge in [-0.15, -0.1) is 0 Å². The van der Waals surface area contributed by atoms with Crippen molar-refractivity contribution < 1.29 is 26.4 Å². The molecule has 1 heterocycles. The van der Waals surface area contributed by atoms with Gasteiger partial charge in [-0.1, -0.05) is 0 Å². The normalized spacial score (nSPS) is 29.8. The second kappa shape index (κ2) is 6.25. The first-order valence-corrected chi connectivity index (χ1v) is 9.44. The predicted molar refractivity (Wildman–Crippen MR) is 75.2 cm³/mol. The van der Waals surface area contributed by atoms with Crippen LogP contribution in [-0.2, 0) is 9.84 Å². The van der Waals surface area contributed by atoms with Crippen LogP contribution in [0.2, 0.25) is 0 Å². The van der Waals surface area contributed by atoms with E-state index in [2.05, 4.69) is 5.32 Å². The summed E-state index contributed by atoms with van der Waals surface area (Å²) in [6.07, 6.45) is -1.04. The van der Waals surface area contributed by atoms with Crippen molar-refractivity contribution in [3.63, 3.8) is 0 Å². The van der Waals surface area contributed by atoms with Crippen molar-refractivity contribution in [3.8, 4) is 0 Å². The van der Waals surface area contributed by atoms with Crippen LogP contribution in [-0.4, -0.2) is 56.2 Å². The van der Waals surface area contributed by atoms with E-state index in [4.69, 9.17) is 0 Å². The summed E-state index contributed by atoms with van der Waals surface area (Å²) >= 11 is 0. The minimum absolute atomic E-state index is 0.0974. The lowest BCUT2D eigenvalue weighted by Gasteiger charge is -2.40. The second-order valence-electron chi connectivity index (χ2n) is 6.29. The van der Waals surface area contributed by atoms with Crippen LogP contribution in [0.4, 0.5) is 18.0 Å². The molecule has 1 aliphatic heterocycles. The number of carbonyl (C=O) groups excluding carboxylic acids is 1. The smallest absolute Gasteiger partial charge is 0.335 e. The van der Waals surface area contributed by atoms with Crippen molar-refractivity contribution >= 4 is 15.9 Å². The summed E-state index contributed by atoms with van der Waals surface area (Å²) in [7, 11) is -3.21. The molecule has 5 nitrogen and oxygen atoms in total. The van der Waals surface area contributed by atoms with Crippen LogP contribution < -0.4 is 5.32 Å². The van der Waals surface area contributed by atoms with Gasteiger partial charge in [0.15, 0.2) is 0 Å². The maximum Gasteiger partial charge on any atom is 0.391 e. The van der Waals surface area contributed by atoms with E-state index < -0.39 is 34.0 Å². The summed E-state index contributed by atoms with van der Waals surface area (Å²) in [6, 6.07) is -1.30. The highest BCUT2D eigenvalue weighted by Crippen LogP contribution is 2.41. The zero-order chi connectivity index (χ0) is 16.5. The third-order valence-electron chi connectivity index (χ3n) is 4.31. The number of hydrogen-bond acceptors (Lipinski definition) is 3. The maximum absolute atomic E-state index is 12.4. The van der Waals surface area contributed by atoms with Crippen molar-refractivity contribution in [2.45, 2.75) is 50.4 Å². The van der Waals surface area contributed by atoms with Gasteiger partial charge in [0, 0.05) is 24.9 Å². The first-order chi connectivity index (χ1) is 10.1. The summed E-state index contributed by atoms with van der Waals surface area (Å²) in [4.78, 5) is 13.7. The van der Waals surface area contributed by atoms with Crippen LogP contribution in [0.1, 0.15) is 32.1 Å². The highest BCUT2D eigenvalue weighted by Gasteiger charge is 2.48. The third kappa shape index (κ3) is 4.50. The van der Waals surface area contributed by atoms with Gasteiger partial charge in [-0.05, 0) is 32.1 Å². The van der Waals surface area contributed by atoms with E-state index in [1.54, 1.807) is 0 Å². The monoisotopic (exact) mass is 342 g/mol. The average molecular weight is 342 g/mol. The molecule has 2 aliphatic rings. The number of carbonyl (C=O) groups is 1. The number of nitrogens with one attached hydrogen (secondary N) is 1. The van der Waals surface area contributed by atoms with Crippen LogP contribution in [0, 0.1) is 5.92 Å². The van der Waals surface area contributed by atoms with Crippen LogP contribution >= 0.6 is 0 Å². The number of sulfone groups is 1. The van der Waals surface area contributed by atoms with Gasteiger partial charge in [-0.25, -0.2) is 13.2 Å². The lowest BCUT2D eigenvalue weighted by molar-refractivity contribution is -0.198. The van der Waals surface area contributed by atoms with Crippen LogP contribution in [0.15, 0.2) is 0 Å². The number of hydrogen-bond donors (Lipinski definition) is 1. The molecule has 2 rings (SSSR count). The highest BCUT2D eigenvalue weighted by molar-refractivity contribution is 7.90. The Labute approximate surface area is 128 Å². The van der Waals surface area contributed by atoms with Crippen molar-refractivity contribution in [2.75, 3.05) is 18.6 Å². The third-order valence-corrected chi connectivity index (χ3v) is 5.30. The Morgan fingerprint density at radius 3 is 2.45 bits per heavy atom. The van der Waals surface area contributed by atoms with E-state index in [1.165, 1.54) is 4.90 Å². The number of alkyl halides is 3. The Morgan fingerprint density at radius 1 is 1.27 bits per heavy atom. The predicted octanol–water partition coefficient (Wildman–Crippen LogP) is 1.94. The minimum Gasteiger partial charge on any atom is -0.335 e. The Kier molecular flexibility index (Phi) is 4.93. The number of amides is 2. The van der Waals surface area contributed by atoms with Crippen LogP contribution in [0.5, 0.6) is 0 Å². The Morgan fingerprint density at radius 2 is 1.91 bits per heavy atom. The molecule has 0 radical (unpaired) electrons. The van der Waals surface area contributed by atoms with Crippen LogP contribution in [0.3, 0.4) is 0 Å². The van der Waals surface area contributed by atoms with Gasteiger partial charge in [0.25, 0.3) is 0 Å². The van der Waals surface area contributed by atoms with Crippen molar-refractivity contribution in [1.82, 2.24) is 10.2 Å².